The van der Waals surface area contributed by atoms with Gasteiger partial charge in [0.2, 0.25) is 10.0 Å². The van der Waals surface area contributed by atoms with E-state index in [9.17, 15) is 18.0 Å². The normalized spacial score (nSPS) is 13.2. The monoisotopic (exact) mass is 450 g/mol. The molecule has 4 N–H and O–H groups in total. The van der Waals surface area contributed by atoms with Gasteiger partial charge in [0.15, 0.2) is 0 Å². The van der Waals surface area contributed by atoms with Crippen LogP contribution in [0.2, 0.25) is 0 Å². The van der Waals surface area contributed by atoms with Crippen LogP contribution >= 0.6 is 0 Å². The molecule has 0 radical (unpaired) electrons. The largest absolute Gasteiger partial charge is 0.323 e. The molecule has 3 aromatic rings. The van der Waals surface area contributed by atoms with Gasteiger partial charge in [-0.2, -0.15) is 0 Å². The SMILES string of the molecule is O=C(Nc1ccccc1)Nc1cccc(NC(=O)c2ccc(S(=O)(=O)NC3CC3)cc2)c1. The van der Waals surface area contributed by atoms with E-state index in [1.54, 1.807) is 36.4 Å². The van der Waals surface area contributed by atoms with Crippen molar-refractivity contribution in [1.82, 2.24) is 4.72 Å². The predicted molar refractivity (Wildman–Crippen MR) is 123 cm³/mol. The number of carbonyl (C=O) groups is 2. The molecule has 0 aromatic heterocycles. The Balaban J connectivity index is 1.37. The van der Waals surface area contributed by atoms with Gasteiger partial charge < -0.3 is 16.0 Å². The number of anilines is 3. The van der Waals surface area contributed by atoms with Gasteiger partial charge >= 0.3 is 6.03 Å². The molecule has 1 aliphatic rings. The lowest BCUT2D eigenvalue weighted by Gasteiger charge is -2.10. The molecule has 9 heteroatoms. The van der Waals surface area contributed by atoms with Gasteiger partial charge in [-0.15, -0.1) is 0 Å². The highest BCUT2D eigenvalue weighted by Gasteiger charge is 2.28. The molecule has 1 fully saturated rings. The predicted octanol–water partition coefficient (Wildman–Crippen LogP) is 4.02. The highest BCUT2D eigenvalue weighted by molar-refractivity contribution is 7.89. The van der Waals surface area contributed by atoms with Crippen molar-refractivity contribution in [3.05, 3.63) is 84.4 Å². The molecule has 32 heavy (non-hydrogen) atoms. The number of benzene rings is 3. The Morgan fingerprint density at radius 3 is 1.97 bits per heavy atom. The zero-order chi connectivity index (χ0) is 22.6. The van der Waals surface area contributed by atoms with E-state index in [1.165, 1.54) is 24.3 Å². The van der Waals surface area contributed by atoms with Crippen molar-refractivity contribution in [3.63, 3.8) is 0 Å². The van der Waals surface area contributed by atoms with Crippen molar-refractivity contribution in [3.8, 4) is 0 Å². The first-order chi connectivity index (χ1) is 15.4. The Bertz CT molecular complexity index is 1220. The van der Waals surface area contributed by atoms with Gasteiger partial charge in [-0.25, -0.2) is 17.9 Å². The number of hydrogen-bond donors (Lipinski definition) is 4. The highest BCUT2D eigenvalue weighted by Crippen LogP contribution is 2.22. The third kappa shape index (κ3) is 5.71. The first kappa shape index (κ1) is 21.5. The minimum absolute atomic E-state index is 0.0126. The van der Waals surface area contributed by atoms with Gasteiger partial charge in [0.05, 0.1) is 4.90 Å². The van der Waals surface area contributed by atoms with E-state index in [0.29, 0.717) is 22.6 Å². The summed E-state index contributed by atoms with van der Waals surface area (Å²) in [6.07, 6.45) is 1.70. The molecule has 1 aliphatic carbocycles. The van der Waals surface area contributed by atoms with Gasteiger partial charge in [-0.1, -0.05) is 24.3 Å². The summed E-state index contributed by atoms with van der Waals surface area (Å²) in [5.41, 5.74) is 1.96. The van der Waals surface area contributed by atoms with E-state index in [0.717, 1.165) is 12.8 Å². The molecular weight excluding hydrogens is 428 g/mol. The van der Waals surface area contributed by atoms with Crippen molar-refractivity contribution in [2.75, 3.05) is 16.0 Å². The van der Waals surface area contributed by atoms with Crippen LogP contribution in [0.25, 0.3) is 0 Å². The Kier molecular flexibility index (Phi) is 6.20. The van der Waals surface area contributed by atoms with Crippen molar-refractivity contribution in [2.24, 2.45) is 0 Å². The third-order valence-electron chi connectivity index (χ3n) is 4.74. The zero-order valence-electron chi connectivity index (χ0n) is 17.0. The van der Waals surface area contributed by atoms with Crippen LogP contribution < -0.4 is 20.7 Å². The third-order valence-corrected chi connectivity index (χ3v) is 6.27. The average Bonchev–Trinajstić information content (AvgIpc) is 3.58. The van der Waals surface area contributed by atoms with Crippen LogP contribution in [0.4, 0.5) is 21.9 Å². The second-order valence-electron chi connectivity index (χ2n) is 7.40. The van der Waals surface area contributed by atoms with Crippen molar-refractivity contribution in [1.29, 1.82) is 0 Å². The van der Waals surface area contributed by atoms with Crippen LogP contribution in [0, 0.1) is 0 Å². The maximum Gasteiger partial charge on any atom is 0.323 e. The molecule has 0 heterocycles. The minimum atomic E-state index is -3.57. The average molecular weight is 451 g/mol. The summed E-state index contributed by atoms with van der Waals surface area (Å²) >= 11 is 0. The molecule has 0 unspecified atom stereocenters. The van der Waals surface area contributed by atoms with E-state index in [4.69, 9.17) is 0 Å². The van der Waals surface area contributed by atoms with E-state index in [-0.39, 0.29) is 10.9 Å². The summed E-state index contributed by atoms with van der Waals surface area (Å²) in [6, 6.07) is 21.1. The molecule has 0 aliphatic heterocycles. The lowest BCUT2D eigenvalue weighted by Crippen LogP contribution is -2.25. The maximum atomic E-state index is 12.6. The fourth-order valence-corrected chi connectivity index (χ4v) is 4.27. The highest BCUT2D eigenvalue weighted by atomic mass is 32.2. The molecule has 0 atom stereocenters. The molecule has 4 rings (SSSR count). The van der Waals surface area contributed by atoms with Crippen LogP contribution in [-0.2, 0) is 10.0 Å². The molecule has 3 amide bonds. The van der Waals surface area contributed by atoms with Crippen molar-refractivity contribution in [2.45, 2.75) is 23.8 Å². The number of rotatable bonds is 7. The maximum absolute atomic E-state index is 12.6. The van der Waals surface area contributed by atoms with Gasteiger partial charge in [-0.05, 0) is 67.4 Å². The topological polar surface area (TPSA) is 116 Å². The lowest BCUT2D eigenvalue weighted by molar-refractivity contribution is 0.102. The van der Waals surface area contributed by atoms with Crippen LogP contribution in [0.3, 0.4) is 0 Å². The van der Waals surface area contributed by atoms with E-state index in [2.05, 4.69) is 20.7 Å². The summed E-state index contributed by atoms with van der Waals surface area (Å²) in [7, 11) is -3.57. The van der Waals surface area contributed by atoms with E-state index in [1.807, 2.05) is 18.2 Å². The minimum Gasteiger partial charge on any atom is -0.322 e. The fraction of sp³-hybridized carbons (Fsp3) is 0.130. The smallest absolute Gasteiger partial charge is 0.322 e. The van der Waals surface area contributed by atoms with Crippen molar-refractivity contribution < 1.29 is 18.0 Å². The number of nitrogens with one attached hydrogen (secondary N) is 4. The Hall–Kier alpha value is -3.69. The molecule has 0 saturated heterocycles. The van der Waals surface area contributed by atoms with Crippen LogP contribution in [0.1, 0.15) is 23.2 Å². The van der Waals surface area contributed by atoms with Crippen LogP contribution in [-0.4, -0.2) is 26.4 Å². The molecule has 0 spiro atoms. The Morgan fingerprint density at radius 1 is 0.719 bits per heavy atom. The molecule has 1 saturated carbocycles. The van der Waals surface area contributed by atoms with E-state index >= 15 is 0 Å². The second kappa shape index (κ2) is 9.21. The molecular formula is C23H22N4O4S. The second-order valence-corrected chi connectivity index (χ2v) is 9.11. The molecule has 0 bridgehead atoms. The fourth-order valence-electron chi connectivity index (χ4n) is 2.97. The Labute approximate surface area is 186 Å². The summed E-state index contributed by atoms with van der Waals surface area (Å²) in [4.78, 5) is 24.8. The first-order valence-corrected chi connectivity index (χ1v) is 11.5. The first-order valence-electron chi connectivity index (χ1n) is 10.1. The summed E-state index contributed by atoms with van der Waals surface area (Å²) in [5.74, 6) is -0.394. The van der Waals surface area contributed by atoms with Gasteiger partial charge in [0.1, 0.15) is 0 Å². The number of amides is 3. The number of para-hydroxylation sites is 1. The zero-order valence-corrected chi connectivity index (χ0v) is 17.9. The number of sulfonamides is 1. The Morgan fingerprint density at radius 2 is 1.31 bits per heavy atom. The van der Waals surface area contributed by atoms with Gasteiger partial charge in [0.25, 0.3) is 5.91 Å². The molecule has 3 aromatic carbocycles. The standard InChI is InChI=1S/C23H22N4O4S/c28-22(16-9-13-21(14-10-16)32(30,31)27-18-11-12-18)24-19-7-4-8-20(15-19)26-23(29)25-17-5-2-1-3-6-17/h1-10,13-15,18,27H,11-12H2,(H,24,28)(H2,25,26,29). The number of urea groups is 1. The van der Waals surface area contributed by atoms with Crippen molar-refractivity contribution >= 4 is 39.0 Å². The summed E-state index contributed by atoms with van der Waals surface area (Å²) < 4.78 is 27.1. The number of hydrogen-bond acceptors (Lipinski definition) is 4. The van der Waals surface area contributed by atoms with Gasteiger partial charge in [-0.3, -0.25) is 4.79 Å². The quantitative estimate of drug-likeness (QED) is 0.435. The lowest BCUT2D eigenvalue weighted by atomic mass is 10.2. The van der Waals surface area contributed by atoms with Crippen LogP contribution in [0.5, 0.6) is 0 Å². The summed E-state index contributed by atoms with van der Waals surface area (Å²) in [5, 5.41) is 8.18. The molecule has 8 nitrogen and oxygen atoms in total. The number of carbonyl (C=O) groups excluding carboxylic acids is 2. The van der Waals surface area contributed by atoms with Gasteiger partial charge in [0, 0.05) is 28.7 Å². The van der Waals surface area contributed by atoms with Crippen LogP contribution in [0.15, 0.2) is 83.8 Å². The molecule has 164 valence electrons. The summed E-state index contributed by atoms with van der Waals surface area (Å²) in [6.45, 7) is 0. The van der Waals surface area contributed by atoms with E-state index < -0.39 is 22.0 Å².